The fraction of sp³-hybridized carbons (Fsp3) is 1.00. The van der Waals surface area contributed by atoms with Crippen LogP contribution in [0.25, 0.3) is 10.4 Å². The molecule has 5 nitrogen and oxygen atoms in total. The average molecular weight is 179 g/mol. The summed E-state index contributed by atoms with van der Waals surface area (Å²) in [7, 11) is 0. The van der Waals surface area contributed by atoms with Gasteiger partial charge < -0.3 is 10.4 Å². The van der Waals surface area contributed by atoms with Crippen LogP contribution in [0, 0.1) is 0 Å². The van der Waals surface area contributed by atoms with E-state index < -0.39 is 6.10 Å². The summed E-state index contributed by atoms with van der Waals surface area (Å²) < 4.78 is 0. The number of aliphatic hydroxyl groups excluding tert-OH is 1. The van der Waals surface area contributed by atoms with Gasteiger partial charge in [0.2, 0.25) is 0 Å². The molecule has 0 aromatic rings. The third-order valence-corrected chi connectivity index (χ3v) is 1.61. The fourth-order valence-electron chi connectivity index (χ4n) is 1.01. The van der Waals surface area contributed by atoms with Gasteiger partial charge in [-0.15, -0.1) is 12.4 Å². The summed E-state index contributed by atoms with van der Waals surface area (Å²) in [5, 5.41) is 15.7. The molecule has 0 spiro atoms. The maximum Gasteiger partial charge on any atom is 0.0758 e. The first-order valence-corrected chi connectivity index (χ1v) is 3.27. The van der Waals surface area contributed by atoms with Crippen molar-refractivity contribution >= 4 is 12.4 Å². The highest BCUT2D eigenvalue weighted by atomic mass is 35.5. The van der Waals surface area contributed by atoms with Gasteiger partial charge in [0.1, 0.15) is 0 Å². The van der Waals surface area contributed by atoms with Crippen LogP contribution in [0.15, 0.2) is 5.11 Å². The Morgan fingerprint density at radius 1 is 1.64 bits per heavy atom. The van der Waals surface area contributed by atoms with Crippen LogP contribution in [0.5, 0.6) is 0 Å². The maximum absolute atomic E-state index is 9.20. The highest BCUT2D eigenvalue weighted by molar-refractivity contribution is 5.85. The zero-order valence-corrected chi connectivity index (χ0v) is 6.79. The standard InChI is InChI=1S/C5H10N4O.ClH/c6-9-8-4-3-7-2-1-5(4)10;/h4-5,7,10H,1-3H2;1H. The van der Waals surface area contributed by atoms with Crippen LogP contribution in [-0.4, -0.2) is 30.3 Å². The molecule has 1 aliphatic rings. The first-order valence-electron chi connectivity index (χ1n) is 3.27. The van der Waals surface area contributed by atoms with Crippen LogP contribution in [0.1, 0.15) is 6.42 Å². The molecule has 1 fully saturated rings. The van der Waals surface area contributed by atoms with E-state index in [2.05, 4.69) is 15.3 Å². The summed E-state index contributed by atoms with van der Waals surface area (Å²) in [5.74, 6) is 0. The van der Waals surface area contributed by atoms with E-state index in [4.69, 9.17) is 5.53 Å². The first-order chi connectivity index (χ1) is 4.84. The average Bonchev–Trinajstić information content (AvgIpc) is 1.94. The monoisotopic (exact) mass is 178 g/mol. The van der Waals surface area contributed by atoms with Gasteiger partial charge in [0.15, 0.2) is 0 Å². The summed E-state index contributed by atoms with van der Waals surface area (Å²) in [6.07, 6.45) is 0.209. The molecular formula is C5H11ClN4O. The molecule has 2 unspecified atom stereocenters. The van der Waals surface area contributed by atoms with Crippen molar-refractivity contribution < 1.29 is 5.11 Å². The Morgan fingerprint density at radius 3 is 2.91 bits per heavy atom. The number of halogens is 1. The van der Waals surface area contributed by atoms with Gasteiger partial charge in [-0.25, -0.2) is 0 Å². The second kappa shape index (κ2) is 5.21. The van der Waals surface area contributed by atoms with Crippen molar-refractivity contribution in [2.45, 2.75) is 18.6 Å². The Bertz CT molecular complexity index is 159. The largest absolute Gasteiger partial charge is 0.393 e. The second-order valence-corrected chi connectivity index (χ2v) is 2.33. The minimum Gasteiger partial charge on any atom is -0.393 e. The Labute approximate surface area is 70.8 Å². The highest BCUT2D eigenvalue weighted by Crippen LogP contribution is 2.06. The number of nitrogens with one attached hydrogen (secondary N) is 1. The molecule has 0 aliphatic carbocycles. The number of piperidine rings is 1. The van der Waals surface area contributed by atoms with E-state index in [9.17, 15) is 5.11 Å². The van der Waals surface area contributed by atoms with E-state index >= 15 is 0 Å². The zero-order chi connectivity index (χ0) is 7.40. The van der Waals surface area contributed by atoms with Gasteiger partial charge in [-0.2, -0.15) is 0 Å². The molecule has 0 bridgehead atoms. The van der Waals surface area contributed by atoms with Crippen LogP contribution in [0.2, 0.25) is 0 Å². The molecule has 0 amide bonds. The molecule has 0 saturated carbocycles. The van der Waals surface area contributed by atoms with Gasteiger partial charge >= 0.3 is 0 Å². The Morgan fingerprint density at radius 2 is 2.36 bits per heavy atom. The van der Waals surface area contributed by atoms with Crippen molar-refractivity contribution in [2.75, 3.05) is 13.1 Å². The molecule has 64 valence electrons. The lowest BCUT2D eigenvalue weighted by Crippen LogP contribution is -2.42. The van der Waals surface area contributed by atoms with Gasteiger partial charge in [-0.1, -0.05) is 5.11 Å². The van der Waals surface area contributed by atoms with Crippen LogP contribution in [0.4, 0.5) is 0 Å². The van der Waals surface area contributed by atoms with E-state index in [0.717, 1.165) is 6.54 Å². The molecule has 1 heterocycles. The molecule has 6 heteroatoms. The molecule has 2 N–H and O–H groups in total. The Kier molecular flexibility index (Phi) is 4.98. The van der Waals surface area contributed by atoms with Gasteiger partial charge in [-0.3, -0.25) is 0 Å². The van der Waals surface area contributed by atoms with Gasteiger partial charge in [0.25, 0.3) is 0 Å². The number of rotatable bonds is 1. The summed E-state index contributed by atoms with van der Waals surface area (Å²) >= 11 is 0. The first kappa shape index (κ1) is 10.5. The number of nitrogens with zero attached hydrogens (tertiary/aromatic N) is 3. The van der Waals surface area contributed by atoms with Crippen LogP contribution in [0.3, 0.4) is 0 Å². The molecule has 0 aromatic heterocycles. The van der Waals surface area contributed by atoms with E-state index in [1.807, 2.05) is 0 Å². The summed E-state index contributed by atoms with van der Waals surface area (Å²) in [5.41, 5.74) is 8.06. The molecule has 0 aromatic carbocycles. The molecule has 1 aliphatic heterocycles. The Balaban J connectivity index is 0.000001000. The lowest BCUT2D eigenvalue weighted by molar-refractivity contribution is 0.116. The molecule has 2 atom stereocenters. The lowest BCUT2D eigenvalue weighted by atomic mass is 10.1. The van der Waals surface area contributed by atoms with Crippen LogP contribution in [-0.2, 0) is 0 Å². The zero-order valence-electron chi connectivity index (χ0n) is 5.97. The van der Waals surface area contributed by atoms with Crippen molar-refractivity contribution in [3.63, 3.8) is 0 Å². The lowest BCUT2D eigenvalue weighted by Gasteiger charge is -2.23. The molecular weight excluding hydrogens is 168 g/mol. The number of hydrogen-bond donors (Lipinski definition) is 2. The van der Waals surface area contributed by atoms with Crippen molar-refractivity contribution in [3.05, 3.63) is 10.4 Å². The van der Waals surface area contributed by atoms with E-state index in [1.54, 1.807) is 0 Å². The molecule has 11 heavy (non-hydrogen) atoms. The smallest absolute Gasteiger partial charge is 0.0758 e. The van der Waals surface area contributed by atoms with Crippen LogP contribution < -0.4 is 5.32 Å². The SMILES string of the molecule is Cl.[N-]=[N+]=NC1CNCCC1O. The molecule has 0 radical (unpaired) electrons. The third kappa shape index (κ3) is 2.95. The summed E-state index contributed by atoms with van der Waals surface area (Å²) in [6.45, 7) is 1.39. The number of azide groups is 1. The van der Waals surface area contributed by atoms with E-state index in [-0.39, 0.29) is 18.4 Å². The minimum absolute atomic E-state index is 0. The summed E-state index contributed by atoms with van der Waals surface area (Å²) in [6, 6.07) is -0.279. The summed E-state index contributed by atoms with van der Waals surface area (Å²) in [4.78, 5) is 2.63. The normalized spacial score (nSPS) is 29.9. The third-order valence-electron chi connectivity index (χ3n) is 1.61. The van der Waals surface area contributed by atoms with Crippen molar-refractivity contribution in [2.24, 2.45) is 5.11 Å². The maximum atomic E-state index is 9.20. The number of aliphatic hydroxyl groups is 1. The molecule has 1 rings (SSSR count). The van der Waals surface area contributed by atoms with Crippen molar-refractivity contribution in [3.8, 4) is 0 Å². The van der Waals surface area contributed by atoms with Gasteiger partial charge in [0.05, 0.1) is 12.1 Å². The molecule has 1 saturated heterocycles. The predicted octanol–water partition coefficient (Wildman–Crippen LogP) is 0.441. The number of hydrogen-bond acceptors (Lipinski definition) is 3. The van der Waals surface area contributed by atoms with Crippen LogP contribution >= 0.6 is 12.4 Å². The Hall–Kier alpha value is -0.480. The fourth-order valence-corrected chi connectivity index (χ4v) is 1.01. The van der Waals surface area contributed by atoms with Gasteiger partial charge in [0, 0.05) is 11.5 Å². The van der Waals surface area contributed by atoms with Crippen molar-refractivity contribution in [1.29, 1.82) is 0 Å². The van der Waals surface area contributed by atoms with Crippen molar-refractivity contribution in [1.82, 2.24) is 5.32 Å². The quantitative estimate of drug-likeness (QED) is 0.347. The highest BCUT2D eigenvalue weighted by Gasteiger charge is 2.20. The van der Waals surface area contributed by atoms with E-state index in [1.165, 1.54) is 0 Å². The topological polar surface area (TPSA) is 81.0 Å². The van der Waals surface area contributed by atoms with Gasteiger partial charge in [-0.05, 0) is 18.5 Å². The second-order valence-electron chi connectivity index (χ2n) is 2.33. The minimum atomic E-state index is -0.461. The van der Waals surface area contributed by atoms with E-state index in [0.29, 0.717) is 13.0 Å². The predicted molar refractivity (Wildman–Crippen MR) is 43.7 cm³/mol.